The molecule has 1 aromatic heterocycles. The van der Waals surface area contributed by atoms with Gasteiger partial charge in [-0.05, 0) is 61.1 Å². The number of ether oxygens (including phenoxy) is 2. The zero-order valence-electron chi connectivity index (χ0n) is 19.1. The summed E-state index contributed by atoms with van der Waals surface area (Å²) in [5, 5.41) is 4.32. The number of carbonyl (C=O) groups excluding carboxylic acids is 1. The largest absolute Gasteiger partial charge is 0.497 e. The molecule has 0 aliphatic heterocycles. The summed E-state index contributed by atoms with van der Waals surface area (Å²) in [6.45, 7) is 6.47. The molecule has 1 unspecified atom stereocenters. The van der Waals surface area contributed by atoms with E-state index in [-0.39, 0.29) is 11.9 Å². The van der Waals surface area contributed by atoms with Crippen molar-refractivity contribution in [3.05, 3.63) is 65.4 Å². The maximum absolute atomic E-state index is 13.3. The molecule has 6 heteroatoms. The summed E-state index contributed by atoms with van der Waals surface area (Å²) in [6, 6.07) is 13.4. The minimum Gasteiger partial charge on any atom is -0.497 e. The molecule has 1 heterocycles. The van der Waals surface area contributed by atoms with Gasteiger partial charge in [-0.15, -0.1) is 0 Å². The van der Waals surface area contributed by atoms with Gasteiger partial charge in [-0.1, -0.05) is 26.0 Å². The summed E-state index contributed by atoms with van der Waals surface area (Å²) < 4.78 is 11.4. The van der Waals surface area contributed by atoms with E-state index in [4.69, 9.17) is 15.2 Å². The van der Waals surface area contributed by atoms with Crippen molar-refractivity contribution in [2.75, 3.05) is 13.7 Å². The molecule has 1 saturated carbocycles. The van der Waals surface area contributed by atoms with Gasteiger partial charge in [0.2, 0.25) is 0 Å². The van der Waals surface area contributed by atoms with Crippen molar-refractivity contribution in [2.45, 2.75) is 45.2 Å². The number of benzene rings is 2. The molecule has 1 aliphatic carbocycles. The highest BCUT2D eigenvalue weighted by Crippen LogP contribution is 2.49. The van der Waals surface area contributed by atoms with Crippen LogP contribution in [0.5, 0.6) is 11.5 Å². The Kier molecular flexibility index (Phi) is 6.07. The van der Waals surface area contributed by atoms with E-state index in [1.165, 1.54) is 0 Å². The summed E-state index contributed by atoms with van der Waals surface area (Å²) in [7, 11) is 1.64. The Morgan fingerprint density at radius 1 is 1.19 bits per heavy atom. The van der Waals surface area contributed by atoms with E-state index in [9.17, 15) is 4.79 Å². The Bertz CT molecular complexity index is 1140. The average Bonchev–Trinajstić information content (AvgIpc) is 3.57. The molecule has 168 valence electrons. The maximum Gasteiger partial charge on any atom is 0.252 e. The molecule has 3 aromatic rings. The first-order valence-corrected chi connectivity index (χ1v) is 11.1. The van der Waals surface area contributed by atoms with Crippen molar-refractivity contribution in [1.29, 1.82) is 0 Å². The highest BCUT2D eigenvalue weighted by Gasteiger charge is 2.47. The van der Waals surface area contributed by atoms with Gasteiger partial charge >= 0.3 is 0 Å². The minimum atomic E-state index is -0.420. The van der Waals surface area contributed by atoms with Gasteiger partial charge in [-0.3, -0.25) is 9.78 Å². The fourth-order valence-electron chi connectivity index (χ4n) is 3.86. The van der Waals surface area contributed by atoms with Gasteiger partial charge in [0, 0.05) is 29.3 Å². The number of aromatic nitrogens is 1. The van der Waals surface area contributed by atoms with E-state index < -0.39 is 5.54 Å². The second-order valence-electron chi connectivity index (χ2n) is 8.98. The average molecular weight is 434 g/mol. The Morgan fingerprint density at radius 2 is 1.97 bits per heavy atom. The van der Waals surface area contributed by atoms with E-state index in [1.54, 1.807) is 19.4 Å². The van der Waals surface area contributed by atoms with Crippen LogP contribution in [0.1, 0.15) is 48.2 Å². The second kappa shape index (κ2) is 8.79. The number of methoxy groups -OCH3 is 1. The van der Waals surface area contributed by atoms with E-state index >= 15 is 0 Å². The summed E-state index contributed by atoms with van der Waals surface area (Å²) >= 11 is 0. The van der Waals surface area contributed by atoms with Crippen LogP contribution in [0, 0.1) is 12.8 Å². The molecular formula is C26H31N3O3. The molecule has 0 bridgehead atoms. The van der Waals surface area contributed by atoms with Crippen LogP contribution in [-0.2, 0) is 5.54 Å². The maximum atomic E-state index is 13.3. The smallest absolute Gasteiger partial charge is 0.252 e. The van der Waals surface area contributed by atoms with Crippen molar-refractivity contribution in [3.63, 3.8) is 0 Å². The van der Waals surface area contributed by atoms with Crippen LogP contribution >= 0.6 is 0 Å². The first-order valence-electron chi connectivity index (χ1n) is 11.1. The molecule has 1 amide bonds. The van der Waals surface area contributed by atoms with Crippen LogP contribution in [0.4, 0.5) is 0 Å². The summed E-state index contributed by atoms with van der Waals surface area (Å²) in [4.78, 5) is 17.8. The number of aryl methyl sites for hydroxylation is 1. The van der Waals surface area contributed by atoms with Gasteiger partial charge < -0.3 is 20.5 Å². The lowest BCUT2D eigenvalue weighted by atomic mass is 9.97. The van der Waals surface area contributed by atoms with Gasteiger partial charge in [0.1, 0.15) is 18.1 Å². The third-order valence-electron chi connectivity index (χ3n) is 6.30. The molecule has 1 fully saturated rings. The van der Waals surface area contributed by atoms with Crippen LogP contribution in [0.2, 0.25) is 0 Å². The number of carbonyl (C=O) groups is 1. The third kappa shape index (κ3) is 4.41. The third-order valence-corrected chi connectivity index (χ3v) is 6.30. The van der Waals surface area contributed by atoms with Crippen molar-refractivity contribution >= 4 is 16.8 Å². The summed E-state index contributed by atoms with van der Waals surface area (Å²) in [6.07, 6.45) is 3.51. The molecule has 32 heavy (non-hydrogen) atoms. The molecule has 1 atom stereocenters. The number of rotatable bonds is 8. The zero-order chi connectivity index (χ0) is 22.9. The van der Waals surface area contributed by atoms with Gasteiger partial charge in [0.15, 0.2) is 0 Å². The first kappa shape index (κ1) is 22.1. The quantitative estimate of drug-likeness (QED) is 0.552. The Morgan fingerprint density at radius 3 is 2.66 bits per heavy atom. The van der Waals surface area contributed by atoms with Crippen molar-refractivity contribution < 1.29 is 14.3 Å². The SMILES string of the molecule is COc1cc(C2(NC(=O)c3cc(OCC(N)C(C)C)ccc3C)CC2)c2cccnc2c1. The van der Waals surface area contributed by atoms with E-state index in [1.807, 2.05) is 43.3 Å². The van der Waals surface area contributed by atoms with Gasteiger partial charge in [-0.2, -0.15) is 0 Å². The standard InChI is InChI=1S/C26H31N3O3/c1-16(2)23(27)15-32-18-8-7-17(3)21(12-18)25(30)29-26(9-10-26)22-13-19(31-4)14-24-20(22)6-5-11-28-24/h5-8,11-14,16,23H,9-10,15,27H2,1-4H3,(H,29,30). The monoisotopic (exact) mass is 433 g/mol. The molecular weight excluding hydrogens is 402 g/mol. The predicted molar refractivity (Wildman–Crippen MR) is 126 cm³/mol. The number of nitrogens with two attached hydrogens (primary N) is 1. The molecule has 6 nitrogen and oxygen atoms in total. The van der Waals surface area contributed by atoms with Gasteiger partial charge in [0.25, 0.3) is 5.91 Å². The molecule has 4 rings (SSSR count). The molecule has 2 aromatic carbocycles. The van der Waals surface area contributed by atoms with E-state index in [2.05, 4.69) is 24.1 Å². The summed E-state index contributed by atoms with van der Waals surface area (Å²) in [5.41, 5.74) is 9.08. The Labute approximate surface area is 189 Å². The normalized spacial score (nSPS) is 15.4. The number of nitrogens with one attached hydrogen (secondary N) is 1. The highest BCUT2D eigenvalue weighted by atomic mass is 16.5. The summed E-state index contributed by atoms with van der Waals surface area (Å²) in [5.74, 6) is 1.60. The van der Waals surface area contributed by atoms with Crippen LogP contribution in [-0.4, -0.2) is 30.6 Å². The van der Waals surface area contributed by atoms with Crippen LogP contribution in [0.25, 0.3) is 10.9 Å². The second-order valence-corrected chi connectivity index (χ2v) is 8.98. The van der Waals surface area contributed by atoms with E-state index in [0.29, 0.717) is 23.8 Å². The van der Waals surface area contributed by atoms with Crippen molar-refractivity contribution in [3.8, 4) is 11.5 Å². The van der Waals surface area contributed by atoms with Crippen LogP contribution < -0.4 is 20.5 Å². The fraction of sp³-hybridized carbons (Fsp3) is 0.385. The lowest BCUT2D eigenvalue weighted by Gasteiger charge is -2.22. The minimum absolute atomic E-state index is 0.0572. The molecule has 0 radical (unpaired) electrons. The first-order chi connectivity index (χ1) is 15.3. The van der Waals surface area contributed by atoms with Gasteiger partial charge in [0.05, 0.1) is 18.2 Å². The predicted octanol–water partition coefficient (Wildman–Crippen LogP) is 4.33. The lowest BCUT2D eigenvalue weighted by molar-refractivity contribution is 0.0930. The number of amides is 1. The molecule has 0 saturated heterocycles. The number of nitrogens with zero attached hydrogens (tertiary/aromatic N) is 1. The number of hydrogen-bond acceptors (Lipinski definition) is 5. The highest BCUT2D eigenvalue weighted by molar-refractivity contribution is 5.97. The van der Waals surface area contributed by atoms with Crippen LogP contribution in [0.15, 0.2) is 48.7 Å². The van der Waals surface area contributed by atoms with Gasteiger partial charge in [-0.25, -0.2) is 0 Å². The Balaban J connectivity index is 1.60. The number of hydrogen-bond donors (Lipinski definition) is 2. The fourth-order valence-corrected chi connectivity index (χ4v) is 3.86. The molecule has 1 aliphatic rings. The topological polar surface area (TPSA) is 86.5 Å². The lowest BCUT2D eigenvalue weighted by Crippen LogP contribution is -2.35. The Hall–Kier alpha value is -3.12. The molecule has 3 N–H and O–H groups in total. The number of fused-ring (bicyclic) bond motifs is 1. The van der Waals surface area contributed by atoms with Crippen molar-refractivity contribution in [2.24, 2.45) is 11.7 Å². The van der Waals surface area contributed by atoms with Crippen LogP contribution in [0.3, 0.4) is 0 Å². The van der Waals surface area contributed by atoms with Crippen molar-refractivity contribution in [1.82, 2.24) is 10.3 Å². The zero-order valence-corrected chi connectivity index (χ0v) is 19.1. The van der Waals surface area contributed by atoms with E-state index in [0.717, 1.165) is 40.6 Å². The molecule has 0 spiro atoms. The number of pyridine rings is 1.